The Bertz CT molecular complexity index is 689. The van der Waals surface area contributed by atoms with E-state index in [1.807, 2.05) is 24.3 Å². The average Bonchev–Trinajstić information content (AvgIpc) is 2.56. The van der Waals surface area contributed by atoms with Crippen molar-refractivity contribution in [1.82, 2.24) is 5.32 Å². The van der Waals surface area contributed by atoms with Gasteiger partial charge in [0.2, 0.25) is 5.75 Å². The minimum atomic E-state index is 0.538. The SMILES string of the molecule is COc1cc(CNCc2ccc(Cl)cc2Cl)cc2c1OCCO2. The fraction of sp³-hybridized carbons (Fsp3) is 0.294. The van der Waals surface area contributed by atoms with Crippen molar-refractivity contribution in [2.24, 2.45) is 0 Å². The fourth-order valence-corrected chi connectivity index (χ4v) is 2.91. The molecule has 2 aromatic carbocycles. The minimum Gasteiger partial charge on any atom is -0.493 e. The molecule has 0 aliphatic carbocycles. The third-order valence-electron chi connectivity index (χ3n) is 3.55. The predicted molar refractivity (Wildman–Crippen MR) is 91.0 cm³/mol. The number of fused-ring (bicyclic) bond motifs is 1. The smallest absolute Gasteiger partial charge is 0.203 e. The van der Waals surface area contributed by atoms with Crippen LogP contribution in [-0.2, 0) is 13.1 Å². The van der Waals surface area contributed by atoms with Crippen molar-refractivity contribution >= 4 is 23.2 Å². The van der Waals surface area contributed by atoms with Gasteiger partial charge in [-0.25, -0.2) is 0 Å². The Hall–Kier alpha value is -1.62. The number of hydrogen-bond donors (Lipinski definition) is 1. The molecule has 1 aliphatic heterocycles. The molecule has 0 unspecified atom stereocenters. The quantitative estimate of drug-likeness (QED) is 0.879. The van der Waals surface area contributed by atoms with Crippen molar-refractivity contribution in [1.29, 1.82) is 0 Å². The summed E-state index contributed by atoms with van der Waals surface area (Å²) in [6.45, 7) is 2.39. The molecule has 0 amide bonds. The summed E-state index contributed by atoms with van der Waals surface area (Å²) in [6.07, 6.45) is 0. The fourth-order valence-electron chi connectivity index (χ4n) is 2.44. The van der Waals surface area contributed by atoms with Crippen LogP contribution in [0.1, 0.15) is 11.1 Å². The van der Waals surface area contributed by atoms with Crippen LogP contribution in [0, 0.1) is 0 Å². The van der Waals surface area contributed by atoms with Crippen molar-refractivity contribution < 1.29 is 14.2 Å². The van der Waals surface area contributed by atoms with Gasteiger partial charge >= 0.3 is 0 Å². The molecule has 0 radical (unpaired) electrons. The zero-order chi connectivity index (χ0) is 16.2. The maximum atomic E-state index is 6.17. The normalized spacial score (nSPS) is 13.0. The van der Waals surface area contributed by atoms with Gasteiger partial charge in [0, 0.05) is 23.1 Å². The highest BCUT2D eigenvalue weighted by atomic mass is 35.5. The van der Waals surface area contributed by atoms with Crippen LogP contribution in [0.15, 0.2) is 30.3 Å². The van der Waals surface area contributed by atoms with Crippen molar-refractivity contribution in [2.45, 2.75) is 13.1 Å². The summed E-state index contributed by atoms with van der Waals surface area (Å²) in [4.78, 5) is 0. The van der Waals surface area contributed by atoms with Gasteiger partial charge in [0.1, 0.15) is 13.2 Å². The third-order valence-corrected chi connectivity index (χ3v) is 4.13. The van der Waals surface area contributed by atoms with Gasteiger partial charge in [-0.1, -0.05) is 29.3 Å². The van der Waals surface area contributed by atoms with Crippen LogP contribution in [0.3, 0.4) is 0 Å². The molecule has 0 bridgehead atoms. The van der Waals surface area contributed by atoms with Crippen LogP contribution in [-0.4, -0.2) is 20.3 Å². The molecule has 6 heteroatoms. The van der Waals surface area contributed by atoms with Crippen molar-refractivity contribution in [3.8, 4) is 17.2 Å². The maximum Gasteiger partial charge on any atom is 0.203 e. The van der Waals surface area contributed by atoms with Gasteiger partial charge in [-0.3, -0.25) is 0 Å². The van der Waals surface area contributed by atoms with E-state index in [2.05, 4.69) is 5.32 Å². The van der Waals surface area contributed by atoms with Crippen LogP contribution in [0.25, 0.3) is 0 Å². The molecule has 3 rings (SSSR count). The van der Waals surface area contributed by atoms with Crippen molar-refractivity contribution in [2.75, 3.05) is 20.3 Å². The Morgan fingerprint density at radius 2 is 1.91 bits per heavy atom. The Morgan fingerprint density at radius 1 is 1.09 bits per heavy atom. The standard InChI is InChI=1S/C17H17Cl2NO3/c1-21-15-6-11(7-16-17(15)23-5-4-22-16)9-20-10-12-2-3-13(18)8-14(12)19/h2-3,6-8,20H,4-5,9-10H2,1H3. The van der Waals surface area contributed by atoms with Crippen molar-refractivity contribution in [3.63, 3.8) is 0 Å². The largest absolute Gasteiger partial charge is 0.493 e. The van der Waals surface area contributed by atoms with Gasteiger partial charge in [-0.05, 0) is 35.4 Å². The third kappa shape index (κ3) is 3.83. The second-order valence-electron chi connectivity index (χ2n) is 5.16. The molecule has 2 aromatic rings. The highest BCUT2D eigenvalue weighted by molar-refractivity contribution is 6.35. The minimum absolute atomic E-state index is 0.538. The lowest BCUT2D eigenvalue weighted by atomic mass is 10.1. The first-order valence-corrected chi connectivity index (χ1v) is 8.04. The van der Waals surface area contributed by atoms with Crippen LogP contribution in [0.2, 0.25) is 10.0 Å². The molecule has 23 heavy (non-hydrogen) atoms. The van der Waals surface area contributed by atoms with Gasteiger partial charge in [0.15, 0.2) is 11.5 Å². The molecule has 1 heterocycles. The molecule has 1 aliphatic rings. The molecule has 0 saturated heterocycles. The van der Waals surface area contributed by atoms with Gasteiger partial charge < -0.3 is 19.5 Å². The summed E-state index contributed by atoms with van der Waals surface area (Å²) in [5.41, 5.74) is 2.05. The number of nitrogens with one attached hydrogen (secondary N) is 1. The highest BCUT2D eigenvalue weighted by Gasteiger charge is 2.18. The van der Waals surface area contributed by atoms with Gasteiger partial charge in [0.25, 0.3) is 0 Å². The molecule has 0 atom stereocenters. The summed E-state index contributed by atoms with van der Waals surface area (Å²) in [5, 5.41) is 4.65. The average molecular weight is 354 g/mol. The lowest BCUT2D eigenvalue weighted by Crippen LogP contribution is -2.17. The lowest BCUT2D eigenvalue weighted by molar-refractivity contribution is 0.165. The number of methoxy groups -OCH3 is 1. The Balaban J connectivity index is 1.68. The molecule has 0 saturated carbocycles. The summed E-state index contributed by atoms with van der Waals surface area (Å²) >= 11 is 12.1. The first-order chi connectivity index (χ1) is 11.2. The van der Waals surface area contributed by atoms with E-state index in [1.165, 1.54) is 0 Å². The van der Waals surface area contributed by atoms with E-state index in [9.17, 15) is 0 Å². The molecule has 0 spiro atoms. The summed E-state index contributed by atoms with van der Waals surface area (Å²) < 4.78 is 16.6. The first-order valence-electron chi connectivity index (χ1n) is 7.28. The van der Waals surface area contributed by atoms with Crippen LogP contribution in [0.5, 0.6) is 17.2 Å². The summed E-state index contributed by atoms with van der Waals surface area (Å²) in [6, 6.07) is 9.41. The highest BCUT2D eigenvalue weighted by Crippen LogP contribution is 2.40. The second-order valence-corrected chi connectivity index (χ2v) is 6.01. The number of benzene rings is 2. The van der Waals surface area contributed by atoms with Gasteiger partial charge in [-0.15, -0.1) is 0 Å². The molecule has 1 N–H and O–H groups in total. The molecule has 0 aromatic heterocycles. The molecular weight excluding hydrogens is 337 g/mol. The zero-order valence-corrected chi connectivity index (χ0v) is 14.2. The monoisotopic (exact) mass is 353 g/mol. The summed E-state index contributed by atoms with van der Waals surface area (Å²) in [5.74, 6) is 2.07. The lowest BCUT2D eigenvalue weighted by Gasteiger charge is -2.21. The summed E-state index contributed by atoms with van der Waals surface area (Å²) in [7, 11) is 1.62. The molecule has 0 fully saturated rings. The van der Waals surface area contributed by atoms with Crippen LogP contribution in [0.4, 0.5) is 0 Å². The van der Waals surface area contributed by atoms with E-state index < -0.39 is 0 Å². The predicted octanol–water partition coefficient (Wildman–Crippen LogP) is 4.06. The number of rotatable bonds is 5. The number of ether oxygens (including phenoxy) is 3. The van der Waals surface area contributed by atoms with E-state index in [1.54, 1.807) is 13.2 Å². The number of halogens is 2. The second kappa shape index (κ2) is 7.30. The van der Waals surface area contributed by atoms with E-state index in [-0.39, 0.29) is 0 Å². The first kappa shape index (κ1) is 16.2. The van der Waals surface area contributed by atoms with Gasteiger partial charge in [-0.2, -0.15) is 0 Å². The van der Waals surface area contributed by atoms with Crippen molar-refractivity contribution in [3.05, 3.63) is 51.5 Å². The van der Waals surface area contributed by atoms with Crippen LogP contribution < -0.4 is 19.5 Å². The molecule has 4 nitrogen and oxygen atoms in total. The number of hydrogen-bond acceptors (Lipinski definition) is 4. The Kier molecular flexibility index (Phi) is 5.16. The van der Waals surface area contributed by atoms with Crippen LogP contribution >= 0.6 is 23.2 Å². The van der Waals surface area contributed by atoms with E-state index >= 15 is 0 Å². The van der Waals surface area contributed by atoms with E-state index in [0.29, 0.717) is 47.8 Å². The molecular formula is C17H17Cl2NO3. The van der Waals surface area contributed by atoms with Gasteiger partial charge in [0.05, 0.1) is 7.11 Å². The molecule has 122 valence electrons. The Labute approximate surface area is 145 Å². The van der Waals surface area contributed by atoms with E-state index in [4.69, 9.17) is 37.4 Å². The van der Waals surface area contributed by atoms with E-state index in [0.717, 1.165) is 16.9 Å². The maximum absolute atomic E-state index is 6.17. The zero-order valence-electron chi connectivity index (χ0n) is 12.7. The topological polar surface area (TPSA) is 39.7 Å². The Morgan fingerprint density at radius 3 is 2.70 bits per heavy atom.